The van der Waals surface area contributed by atoms with E-state index in [4.69, 9.17) is 42.1 Å². The van der Waals surface area contributed by atoms with Gasteiger partial charge >= 0.3 is 23.9 Å². The number of likely N-dealkylation sites (N-methyl/N-ethyl adjacent to an activating group) is 4. The topological polar surface area (TPSA) is 186 Å². The van der Waals surface area contributed by atoms with Crippen LogP contribution in [0.5, 0.6) is 0 Å². The Labute approximate surface area is 347 Å². The fourth-order valence-corrected chi connectivity index (χ4v) is 5.83. The minimum absolute atomic E-state index is 0.148. The third kappa shape index (κ3) is 11.9. The summed E-state index contributed by atoms with van der Waals surface area (Å²) in [6, 6.07) is 7.58. The van der Waals surface area contributed by atoms with Crippen LogP contribution in [-0.2, 0) is 70.1 Å². The highest BCUT2D eigenvalue weighted by Gasteiger charge is 2.39. The van der Waals surface area contributed by atoms with Gasteiger partial charge in [-0.25, -0.2) is 19.2 Å². The maximum absolute atomic E-state index is 13.9. The molecule has 1 saturated heterocycles. The zero-order chi connectivity index (χ0) is 43.8. The largest absolute Gasteiger partial charge is 0.451 e. The Hall–Kier alpha value is -5.22. The molecule has 2 aromatic rings. The summed E-state index contributed by atoms with van der Waals surface area (Å²) in [4.78, 5) is 112. The Morgan fingerprint density at radius 3 is 0.931 bits per heavy atom. The zero-order valence-corrected chi connectivity index (χ0v) is 35.6. The monoisotopic (exact) mass is 848 g/mol. The average molecular weight is 850 g/mol. The molecule has 0 spiro atoms. The zero-order valence-electron chi connectivity index (χ0n) is 34.1. The second-order valence-corrected chi connectivity index (χ2v) is 15.0. The van der Waals surface area contributed by atoms with Crippen molar-refractivity contribution in [3.8, 4) is 0 Å². The van der Waals surface area contributed by atoms with Crippen LogP contribution in [0.25, 0.3) is 0 Å². The van der Waals surface area contributed by atoms with Crippen LogP contribution in [0.1, 0.15) is 52.7 Å². The van der Waals surface area contributed by atoms with Gasteiger partial charge in [0.15, 0.2) is 24.4 Å². The molecular weight excluding hydrogens is 799 g/mol. The molecule has 8 unspecified atom stereocenters. The quantitative estimate of drug-likeness (QED) is 0.324. The van der Waals surface area contributed by atoms with Crippen molar-refractivity contribution >= 4 is 70.7 Å². The van der Waals surface area contributed by atoms with E-state index in [9.17, 15) is 38.4 Å². The van der Waals surface area contributed by atoms with Crippen molar-refractivity contribution in [1.82, 2.24) is 19.6 Å². The Balaban J connectivity index is 2.02. The summed E-state index contributed by atoms with van der Waals surface area (Å²) in [6.45, 7) is 7.95. The van der Waals surface area contributed by atoms with Gasteiger partial charge in [0.25, 0.3) is 23.6 Å². The second kappa shape index (κ2) is 20.5. The molecule has 8 atom stereocenters. The van der Waals surface area contributed by atoms with Gasteiger partial charge in [-0.3, -0.25) is 19.2 Å². The standard InChI is InChI=1S/C40H50Cl2N4O12/c1-21-37(51)55-25(5)33(47)43(7)24(4)40(54)58-32(20-28-13-17-30(42)18-14-28)36(50)46(10)22(2)38(52)56-26(6)34(48)44(8)23(3)39(53)57-31(35(49)45(21)9)19-27-11-15-29(41)16-12-27/h11-18,21-26,31-32H,19-20H2,1-10H3. The van der Waals surface area contributed by atoms with Crippen LogP contribution in [0.2, 0.25) is 10.0 Å². The summed E-state index contributed by atoms with van der Waals surface area (Å²) in [6.07, 6.45) is -6.21. The first-order chi connectivity index (χ1) is 27.0. The predicted octanol–water partition coefficient (Wildman–Crippen LogP) is 2.87. The molecule has 1 aliphatic heterocycles. The van der Waals surface area contributed by atoms with E-state index in [-0.39, 0.29) is 12.8 Å². The average Bonchev–Trinajstić information content (AvgIpc) is 3.20. The lowest BCUT2D eigenvalue weighted by molar-refractivity contribution is -0.174. The number of amides is 4. The lowest BCUT2D eigenvalue weighted by atomic mass is 10.1. The van der Waals surface area contributed by atoms with Gasteiger partial charge in [0.1, 0.15) is 24.2 Å². The highest BCUT2D eigenvalue weighted by molar-refractivity contribution is 6.30. The van der Waals surface area contributed by atoms with Crippen LogP contribution in [0.3, 0.4) is 0 Å². The van der Waals surface area contributed by atoms with Crippen molar-refractivity contribution in [2.24, 2.45) is 0 Å². The van der Waals surface area contributed by atoms with Crippen LogP contribution in [-0.4, -0.2) is 144 Å². The first-order valence-electron chi connectivity index (χ1n) is 18.4. The number of hydrogen-bond donors (Lipinski definition) is 0. The summed E-state index contributed by atoms with van der Waals surface area (Å²) in [5.74, 6) is -7.18. The number of cyclic esters (lactones) is 4. The molecule has 16 nitrogen and oxygen atoms in total. The Kier molecular flexibility index (Phi) is 16.6. The number of halogens is 2. The van der Waals surface area contributed by atoms with E-state index in [2.05, 4.69) is 0 Å². The molecule has 1 heterocycles. The molecule has 1 fully saturated rings. The van der Waals surface area contributed by atoms with Crippen molar-refractivity contribution in [1.29, 1.82) is 0 Å². The molecule has 0 bridgehead atoms. The molecule has 0 radical (unpaired) electrons. The van der Waals surface area contributed by atoms with E-state index in [1.165, 1.54) is 69.7 Å². The molecule has 0 saturated carbocycles. The van der Waals surface area contributed by atoms with Crippen LogP contribution >= 0.6 is 23.2 Å². The van der Waals surface area contributed by atoms with E-state index in [1.54, 1.807) is 48.5 Å². The van der Waals surface area contributed by atoms with E-state index >= 15 is 0 Å². The normalized spacial score (nSPS) is 27.1. The molecule has 0 aliphatic carbocycles. The summed E-state index contributed by atoms with van der Waals surface area (Å²) in [7, 11) is 5.12. The minimum Gasteiger partial charge on any atom is -0.451 e. The van der Waals surface area contributed by atoms with Crippen molar-refractivity contribution in [2.75, 3.05) is 28.2 Å². The highest BCUT2D eigenvalue weighted by atomic mass is 35.5. The van der Waals surface area contributed by atoms with Crippen LogP contribution < -0.4 is 0 Å². The van der Waals surface area contributed by atoms with Crippen molar-refractivity contribution in [2.45, 2.75) is 103 Å². The molecule has 58 heavy (non-hydrogen) atoms. The first-order valence-corrected chi connectivity index (χ1v) is 19.2. The molecule has 4 amide bonds. The molecule has 18 heteroatoms. The Bertz CT molecular complexity index is 1730. The predicted molar refractivity (Wildman–Crippen MR) is 210 cm³/mol. The number of benzene rings is 2. The number of hydrogen-bond acceptors (Lipinski definition) is 12. The van der Waals surface area contributed by atoms with E-state index < -0.39 is 96.1 Å². The van der Waals surface area contributed by atoms with Gasteiger partial charge in [-0.05, 0) is 76.9 Å². The van der Waals surface area contributed by atoms with Crippen LogP contribution in [0, 0.1) is 0 Å². The molecule has 2 aromatic carbocycles. The minimum atomic E-state index is -1.50. The van der Waals surface area contributed by atoms with Crippen molar-refractivity contribution in [3.63, 3.8) is 0 Å². The van der Waals surface area contributed by atoms with Gasteiger partial charge in [0.05, 0.1) is 0 Å². The number of carbonyl (C=O) groups is 8. The molecular formula is C40H50Cl2N4O12. The highest BCUT2D eigenvalue weighted by Crippen LogP contribution is 2.19. The number of rotatable bonds is 4. The summed E-state index contributed by atoms with van der Waals surface area (Å²) in [5, 5.41) is 0.842. The van der Waals surface area contributed by atoms with Gasteiger partial charge in [-0.1, -0.05) is 47.5 Å². The summed E-state index contributed by atoms with van der Waals surface area (Å²) >= 11 is 12.1. The molecule has 0 aromatic heterocycles. The van der Waals surface area contributed by atoms with E-state index in [0.717, 1.165) is 19.6 Å². The number of carbonyl (C=O) groups excluding carboxylic acids is 8. The van der Waals surface area contributed by atoms with E-state index in [1.807, 2.05) is 0 Å². The maximum Gasteiger partial charge on any atom is 0.329 e. The fraction of sp³-hybridized carbons (Fsp3) is 0.500. The van der Waals surface area contributed by atoms with Crippen molar-refractivity contribution < 1.29 is 57.3 Å². The van der Waals surface area contributed by atoms with E-state index in [0.29, 0.717) is 21.2 Å². The third-order valence-corrected chi connectivity index (χ3v) is 10.6. The summed E-state index contributed by atoms with van der Waals surface area (Å²) < 4.78 is 22.2. The van der Waals surface area contributed by atoms with Gasteiger partial charge in [-0.15, -0.1) is 0 Å². The lowest BCUT2D eigenvalue weighted by Gasteiger charge is -2.32. The van der Waals surface area contributed by atoms with Gasteiger partial charge in [0.2, 0.25) is 0 Å². The summed E-state index contributed by atoms with van der Waals surface area (Å²) in [5.41, 5.74) is 1.10. The molecule has 3 rings (SSSR count). The third-order valence-electron chi connectivity index (χ3n) is 10.1. The Morgan fingerprint density at radius 2 is 0.655 bits per heavy atom. The van der Waals surface area contributed by atoms with Crippen LogP contribution in [0.15, 0.2) is 48.5 Å². The van der Waals surface area contributed by atoms with Crippen LogP contribution in [0.4, 0.5) is 0 Å². The lowest BCUT2D eigenvalue weighted by Crippen LogP contribution is -2.53. The smallest absolute Gasteiger partial charge is 0.329 e. The van der Waals surface area contributed by atoms with Gasteiger partial charge in [0, 0.05) is 51.1 Å². The SMILES string of the molecule is CC1OC(=O)C(C)N(C)C(=O)C(Cc2ccc(Cl)cc2)OC(=O)C(C)N(C)C(=O)C(C)OC(=O)C(C)N(C)C(=O)C(Cc2ccc(Cl)cc2)OC(=O)C(C)N(C)C1=O. The maximum atomic E-state index is 13.9. The fourth-order valence-electron chi connectivity index (χ4n) is 5.58. The number of esters is 4. The van der Waals surface area contributed by atoms with Gasteiger partial charge in [-0.2, -0.15) is 0 Å². The number of ether oxygens (including phenoxy) is 4. The molecule has 0 N–H and O–H groups in total. The van der Waals surface area contributed by atoms with Gasteiger partial charge < -0.3 is 38.5 Å². The second-order valence-electron chi connectivity index (χ2n) is 14.2. The molecule has 1 aliphatic rings. The number of nitrogens with zero attached hydrogens (tertiary/aromatic N) is 4. The van der Waals surface area contributed by atoms with Crippen molar-refractivity contribution in [3.05, 3.63) is 69.7 Å². The first kappa shape index (κ1) is 47.2. The Morgan fingerprint density at radius 1 is 0.414 bits per heavy atom. The molecule has 316 valence electrons.